The smallest absolute Gasteiger partial charge is 0.282 e. The molecule has 0 saturated carbocycles. The molecule has 1 amide bonds. The number of amides is 1. The molecular weight excluding hydrogens is 355 g/mol. The van der Waals surface area contributed by atoms with E-state index in [1.54, 1.807) is 18.2 Å². The van der Waals surface area contributed by atoms with Crippen LogP contribution in [0, 0.1) is 0 Å². The third-order valence-electron chi connectivity index (χ3n) is 4.67. The number of benzene rings is 2. The van der Waals surface area contributed by atoms with Crippen LogP contribution in [0.4, 0.5) is 5.69 Å². The summed E-state index contributed by atoms with van der Waals surface area (Å²) in [6.07, 6.45) is 3.21. The summed E-state index contributed by atoms with van der Waals surface area (Å²) in [4.78, 5) is 13.8. The van der Waals surface area contributed by atoms with Gasteiger partial charge >= 0.3 is 0 Å². The lowest BCUT2D eigenvalue weighted by molar-refractivity contribution is -0.909. The number of carbonyl (C=O) groups is 1. The first kappa shape index (κ1) is 18.0. The topological polar surface area (TPSA) is 33.5 Å². The van der Waals surface area contributed by atoms with Gasteiger partial charge in [-0.05, 0) is 42.3 Å². The van der Waals surface area contributed by atoms with Crippen molar-refractivity contribution in [3.05, 3.63) is 70.2 Å². The van der Waals surface area contributed by atoms with Crippen molar-refractivity contribution in [2.75, 3.05) is 18.4 Å². The molecule has 1 aliphatic rings. The molecule has 2 atom stereocenters. The van der Waals surface area contributed by atoms with Gasteiger partial charge in [-0.25, -0.2) is 0 Å². The molecule has 3 nitrogen and oxygen atoms in total. The number of anilines is 1. The minimum atomic E-state index is -0.152. The van der Waals surface area contributed by atoms with Gasteiger partial charge in [0.25, 0.3) is 5.91 Å². The van der Waals surface area contributed by atoms with Crippen molar-refractivity contribution in [2.45, 2.75) is 19.4 Å². The highest BCUT2D eigenvalue weighted by Gasteiger charge is 2.27. The van der Waals surface area contributed by atoms with Crippen LogP contribution in [0.5, 0.6) is 0 Å². The van der Waals surface area contributed by atoms with Gasteiger partial charge in [0.2, 0.25) is 0 Å². The standard InChI is InChI=1S/C20H20Cl2N2O/c1-14(20(25)23-19-8-7-17(21)13-18(19)22)24-11-9-16(10-12-24)15-5-3-2-4-6-15/h2-9,13-14H,10-12H2,1H3,(H,23,25)/p+1/t14-/m1/s1. The fraction of sp³-hybridized carbons (Fsp3) is 0.250. The van der Waals surface area contributed by atoms with E-state index in [2.05, 4.69) is 35.7 Å². The average molecular weight is 376 g/mol. The van der Waals surface area contributed by atoms with Crippen molar-refractivity contribution in [1.29, 1.82) is 0 Å². The molecule has 0 fully saturated rings. The van der Waals surface area contributed by atoms with Gasteiger partial charge in [0, 0.05) is 11.4 Å². The van der Waals surface area contributed by atoms with Gasteiger partial charge in [0.15, 0.2) is 6.04 Å². The van der Waals surface area contributed by atoms with E-state index in [0.717, 1.165) is 19.5 Å². The molecule has 0 aliphatic carbocycles. The maximum atomic E-state index is 12.6. The zero-order valence-corrected chi connectivity index (χ0v) is 15.6. The maximum Gasteiger partial charge on any atom is 0.282 e. The van der Waals surface area contributed by atoms with Crippen LogP contribution in [-0.4, -0.2) is 25.0 Å². The summed E-state index contributed by atoms with van der Waals surface area (Å²) in [5, 5.41) is 3.91. The quantitative estimate of drug-likeness (QED) is 0.839. The molecule has 0 radical (unpaired) electrons. The summed E-state index contributed by atoms with van der Waals surface area (Å²) in [6, 6.07) is 15.3. The highest BCUT2D eigenvalue weighted by atomic mass is 35.5. The van der Waals surface area contributed by atoms with Crippen molar-refractivity contribution in [2.24, 2.45) is 0 Å². The number of nitrogens with one attached hydrogen (secondary N) is 2. The Bertz CT molecular complexity index is 790. The van der Waals surface area contributed by atoms with Crippen LogP contribution < -0.4 is 10.2 Å². The van der Waals surface area contributed by atoms with E-state index in [-0.39, 0.29) is 11.9 Å². The molecule has 2 aromatic carbocycles. The number of hydrogen-bond acceptors (Lipinski definition) is 1. The molecule has 0 aromatic heterocycles. The Balaban J connectivity index is 1.63. The van der Waals surface area contributed by atoms with Crippen LogP contribution >= 0.6 is 23.2 Å². The fourth-order valence-corrected chi connectivity index (χ4v) is 3.53. The van der Waals surface area contributed by atoms with Crippen molar-refractivity contribution in [1.82, 2.24) is 0 Å². The Hall–Kier alpha value is -1.81. The summed E-state index contributed by atoms with van der Waals surface area (Å²) in [5.74, 6) is -0.0317. The Morgan fingerprint density at radius 3 is 2.56 bits per heavy atom. The number of quaternary nitrogens is 1. The molecule has 130 valence electrons. The molecule has 25 heavy (non-hydrogen) atoms. The number of rotatable bonds is 4. The first-order chi connectivity index (χ1) is 12.0. The van der Waals surface area contributed by atoms with Crippen LogP contribution in [0.3, 0.4) is 0 Å². The third kappa shape index (κ3) is 4.43. The van der Waals surface area contributed by atoms with Gasteiger partial charge in [-0.3, -0.25) is 4.79 Å². The second kappa shape index (κ2) is 8.05. The zero-order valence-electron chi connectivity index (χ0n) is 14.1. The molecular formula is C20H21Cl2N2O+. The van der Waals surface area contributed by atoms with Crippen molar-refractivity contribution >= 4 is 40.4 Å². The molecule has 5 heteroatoms. The molecule has 0 bridgehead atoms. The summed E-state index contributed by atoms with van der Waals surface area (Å²) in [6.45, 7) is 3.73. The van der Waals surface area contributed by atoms with Crippen molar-refractivity contribution in [3.8, 4) is 0 Å². The fourth-order valence-electron chi connectivity index (χ4n) is 3.08. The van der Waals surface area contributed by atoms with Crippen LogP contribution in [0.25, 0.3) is 5.57 Å². The van der Waals surface area contributed by atoms with E-state index < -0.39 is 0 Å². The third-order valence-corrected chi connectivity index (χ3v) is 5.21. The van der Waals surface area contributed by atoms with Crippen molar-refractivity contribution in [3.63, 3.8) is 0 Å². The maximum absolute atomic E-state index is 12.6. The Morgan fingerprint density at radius 1 is 1.16 bits per heavy atom. The SMILES string of the molecule is C[C@H](C(=O)Nc1ccc(Cl)cc1Cl)[NH+]1CC=C(c2ccccc2)CC1. The number of carbonyl (C=O) groups excluding carboxylic acids is 1. The minimum absolute atomic E-state index is 0.0317. The lowest BCUT2D eigenvalue weighted by atomic mass is 9.99. The minimum Gasteiger partial charge on any atom is -0.321 e. The summed E-state index contributed by atoms with van der Waals surface area (Å²) < 4.78 is 0. The second-order valence-corrected chi connectivity index (χ2v) is 7.14. The molecule has 3 rings (SSSR count). The second-order valence-electron chi connectivity index (χ2n) is 6.29. The zero-order chi connectivity index (χ0) is 17.8. The average Bonchev–Trinajstić information content (AvgIpc) is 2.64. The Morgan fingerprint density at radius 2 is 1.92 bits per heavy atom. The predicted octanol–water partition coefficient (Wildman–Crippen LogP) is 3.69. The molecule has 2 N–H and O–H groups in total. The van der Waals surface area contributed by atoms with E-state index in [0.29, 0.717) is 15.7 Å². The van der Waals surface area contributed by atoms with Crippen LogP contribution in [0.1, 0.15) is 18.9 Å². The number of halogens is 2. The van der Waals surface area contributed by atoms with Gasteiger partial charge in [0.1, 0.15) is 0 Å². The van der Waals surface area contributed by atoms with Crippen LogP contribution in [0.15, 0.2) is 54.6 Å². The van der Waals surface area contributed by atoms with Crippen LogP contribution in [0.2, 0.25) is 10.0 Å². The molecule has 1 aliphatic heterocycles. The van der Waals surface area contributed by atoms with Crippen molar-refractivity contribution < 1.29 is 9.69 Å². The van der Waals surface area contributed by atoms with Gasteiger partial charge in [-0.1, -0.05) is 53.5 Å². The lowest BCUT2D eigenvalue weighted by Gasteiger charge is -2.28. The van der Waals surface area contributed by atoms with Gasteiger partial charge in [0.05, 0.1) is 23.8 Å². The van der Waals surface area contributed by atoms with E-state index in [1.807, 2.05) is 13.0 Å². The largest absolute Gasteiger partial charge is 0.321 e. The van der Waals surface area contributed by atoms with E-state index in [1.165, 1.54) is 16.0 Å². The monoisotopic (exact) mass is 375 g/mol. The number of hydrogen-bond donors (Lipinski definition) is 2. The molecule has 0 spiro atoms. The molecule has 1 unspecified atom stereocenters. The summed E-state index contributed by atoms with van der Waals surface area (Å²) in [7, 11) is 0. The molecule has 0 saturated heterocycles. The van der Waals surface area contributed by atoms with Gasteiger partial charge < -0.3 is 10.2 Å². The van der Waals surface area contributed by atoms with E-state index in [9.17, 15) is 4.79 Å². The summed E-state index contributed by atoms with van der Waals surface area (Å²) in [5.41, 5.74) is 3.23. The lowest BCUT2D eigenvalue weighted by Crippen LogP contribution is -3.17. The highest BCUT2D eigenvalue weighted by molar-refractivity contribution is 6.36. The summed E-state index contributed by atoms with van der Waals surface area (Å²) >= 11 is 12.0. The molecule has 2 aromatic rings. The first-order valence-corrected chi connectivity index (χ1v) is 9.15. The van der Waals surface area contributed by atoms with E-state index in [4.69, 9.17) is 23.2 Å². The Kier molecular flexibility index (Phi) is 5.79. The predicted molar refractivity (Wildman–Crippen MR) is 104 cm³/mol. The first-order valence-electron chi connectivity index (χ1n) is 8.39. The van der Waals surface area contributed by atoms with Crippen LogP contribution in [-0.2, 0) is 4.79 Å². The van der Waals surface area contributed by atoms with Gasteiger partial charge in [-0.15, -0.1) is 0 Å². The highest BCUT2D eigenvalue weighted by Crippen LogP contribution is 2.25. The van der Waals surface area contributed by atoms with Gasteiger partial charge in [-0.2, -0.15) is 0 Å². The Labute approximate surface area is 158 Å². The molecule has 1 heterocycles. The normalized spacial score (nSPS) is 18.4. The van der Waals surface area contributed by atoms with E-state index >= 15 is 0 Å².